The number of methoxy groups -OCH3 is 1. The van der Waals surface area contributed by atoms with Gasteiger partial charge in [0.1, 0.15) is 24.2 Å². The van der Waals surface area contributed by atoms with E-state index in [1.165, 1.54) is 13.2 Å². The van der Waals surface area contributed by atoms with Gasteiger partial charge in [-0.15, -0.1) is 0 Å². The smallest absolute Gasteiger partial charge is 0.373 e. The van der Waals surface area contributed by atoms with Crippen LogP contribution in [-0.2, 0) is 22.6 Å². The molecule has 0 aliphatic heterocycles. The van der Waals surface area contributed by atoms with Gasteiger partial charge in [0.25, 0.3) is 0 Å². The maximum atomic E-state index is 11.3. The highest BCUT2D eigenvalue weighted by molar-refractivity contribution is 5.86. The van der Waals surface area contributed by atoms with Crippen LogP contribution in [0, 0.1) is 0 Å². The molecule has 0 bridgehead atoms. The van der Waals surface area contributed by atoms with Crippen molar-refractivity contribution in [1.82, 2.24) is 0 Å². The fourth-order valence-corrected chi connectivity index (χ4v) is 1.92. The molecule has 0 amide bonds. The van der Waals surface area contributed by atoms with Crippen molar-refractivity contribution in [3.63, 3.8) is 0 Å². The zero-order valence-electron chi connectivity index (χ0n) is 12.5. The number of carbonyl (C=O) groups is 2. The summed E-state index contributed by atoms with van der Waals surface area (Å²) < 4.78 is 15.4. The number of benzene rings is 1. The van der Waals surface area contributed by atoms with E-state index in [4.69, 9.17) is 20.0 Å². The Morgan fingerprint density at radius 2 is 2.09 bits per heavy atom. The Kier molecular flexibility index (Phi) is 5.37. The fraction of sp³-hybridized carbons (Fsp3) is 0.250. The Labute approximate surface area is 132 Å². The van der Waals surface area contributed by atoms with Crippen molar-refractivity contribution >= 4 is 11.9 Å². The normalized spacial score (nSPS) is 11.7. The Balaban J connectivity index is 1.97. The van der Waals surface area contributed by atoms with Gasteiger partial charge in [-0.05, 0) is 36.2 Å². The molecule has 0 saturated carbocycles. The number of rotatable bonds is 7. The average molecular weight is 319 g/mol. The van der Waals surface area contributed by atoms with Crippen molar-refractivity contribution < 1.29 is 28.6 Å². The number of hydrogen-bond donors (Lipinski definition) is 2. The zero-order valence-corrected chi connectivity index (χ0v) is 12.5. The highest BCUT2D eigenvalue weighted by Crippen LogP contribution is 2.17. The van der Waals surface area contributed by atoms with Crippen LogP contribution in [-0.4, -0.2) is 30.2 Å². The number of furan rings is 1. The molecule has 23 heavy (non-hydrogen) atoms. The van der Waals surface area contributed by atoms with E-state index in [2.05, 4.69) is 4.74 Å². The molecular weight excluding hydrogens is 302 g/mol. The summed E-state index contributed by atoms with van der Waals surface area (Å²) in [7, 11) is 1.27. The third-order valence-corrected chi connectivity index (χ3v) is 3.10. The maximum absolute atomic E-state index is 11.3. The molecule has 0 aliphatic rings. The van der Waals surface area contributed by atoms with Gasteiger partial charge >= 0.3 is 11.9 Å². The number of hydrogen-bond acceptors (Lipinski definition) is 6. The summed E-state index contributed by atoms with van der Waals surface area (Å²) in [6.45, 7) is 0.130. The summed E-state index contributed by atoms with van der Waals surface area (Å²) in [5.74, 6) is -0.482. The van der Waals surface area contributed by atoms with Crippen LogP contribution in [0.15, 0.2) is 40.8 Å². The van der Waals surface area contributed by atoms with Gasteiger partial charge in [-0.2, -0.15) is 0 Å². The lowest BCUT2D eigenvalue weighted by Crippen LogP contribution is -2.32. The second kappa shape index (κ2) is 7.46. The zero-order chi connectivity index (χ0) is 16.8. The highest BCUT2D eigenvalue weighted by Gasteiger charge is 2.13. The largest absolute Gasteiger partial charge is 0.486 e. The first kappa shape index (κ1) is 16.6. The van der Waals surface area contributed by atoms with Crippen LogP contribution >= 0.6 is 0 Å². The van der Waals surface area contributed by atoms with Crippen LogP contribution in [0.4, 0.5) is 0 Å². The number of aliphatic carboxylic acids is 1. The van der Waals surface area contributed by atoms with E-state index in [0.717, 1.165) is 5.56 Å². The molecule has 0 saturated heterocycles. The van der Waals surface area contributed by atoms with E-state index in [1.54, 1.807) is 30.3 Å². The molecule has 2 aromatic rings. The monoisotopic (exact) mass is 319 g/mol. The van der Waals surface area contributed by atoms with Gasteiger partial charge in [-0.1, -0.05) is 12.1 Å². The van der Waals surface area contributed by atoms with Crippen LogP contribution in [0.3, 0.4) is 0 Å². The van der Waals surface area contributed by atoms with E-state index in [9.17, 15) is 9.59 Å². The van der Waals surface area contributed by atoms with E-state index in [1.807, 2.05) is 0 Å². The Bertz CT molecular complexity index is 693. The Hall–Kier alpha value is -2.80. The molecule has 7 nitrogen and oxygen atoms in total. The van der Waals surface area contributed by atoms with Gasteiger partial charge in [0, 0.05) is 0 Å². The van der Waals surface area contributed by atoms with Gasteiger partial charge in [0.15, 0.2) is 0 Å². The molecule has 1 aromatic carbocycles. The van der Waals surface area contributed by atoms with Crippen LogP contribution in [0.2, 0.25) is 0 Å². The predicted molar refractivity (Wildman–Crippen MR) is 80.1 cm³/mol. The van der Waals surface area contributed by atoms with Gasteiger partial charge < -0.3 is 24.7 Å². The molecule has 1 aromatic heterocycles. The van der Waals surface area contributed by atoms with Crippen molar-refractivity contribution in [2.45, 2.75) is 19.1 Å². The van der Waals surface area contributed by atoms with Gasteiger partial charge in [0.05, 0.1) is 7.11 Å². The minimum atomic E-state index is -1.05. The minimum Gasteiger partial charge on any atom is -0.486 e. The van der Waals surface area contributed by atoms with Crippen molar-refractivity contribution in [1.29, 1.82) is 0 Å². The maximum Gasteiger partial charge on any atom is 0.373 e. The van der Waals surface area contributed by atoms with Gasteiger partial charge in [-0.25, -0.2) is 4.79 Å². The number of nitrogens with two attached hydrogens (primary N) is 1. The SMILES string of the molecule is COC(=O)c1ccc(COc2cccc(CC(N)C(=O)O)c2)o1. The molecule has 1 unspecified atom stereocenters. The van der Waals surface area contributed by atoms with Crippen molar-refractivity contribution in [3.8, 4) is 5.75 Å². The number of carbonyl (C=O) groups excluding carboxylic acids is 1. The van der Waals surface area contributed by atoms with E-state index >= 15 is 0 Å². The number of ether oxygens (including phenoxy) is 2. The Morgan fingerprint density at radius 3 is 2.78 bits per heavy atom. The molecule has 0 fully saturated rings. The molecule has 0 aliphatic carbocycles. The van der Waals surface area contributed by atoms with Crippen molar-refractivity contribution in [2.24, 2.45) is 5.73 Å². The topological polar surface area (TPSA) is 112 Å². The van der Waals surface area contributed by atoms with Crippen molar-refractivity contribution in [3.05, 3.63) is 53.5 Å². The summed E-state index contributed by atoms with van der Waals surface area (Å²) >= 11 is 0. The lowest BCUT2D eigenvalue weighted by atomic mass is 10.1. The van der Waals surface area contributed by atoms with E-state index < -0.39 is 18.0 Å². The van der Waals surface area contributed by atoms with Gasteiger partial charge in [0.2, 0.25) is 5.76 Å². The van der Waals surface area contributed by atoms with Crippen LogP contribution < -0.4 is 10.5 Å². The summed E-state index contributed by atoms with van der Waals surface area (Å²) in [6.07, 6.45) is 0.208. The molecule has 122 valence electrons. The third-order valence-electron chi connectivity index (χ3n) is 3.10. The standard InChI is InChI=1S/C16H17NO6/c1-21-16(20)14-6-5-12(23-14)9-22-11-4-2-3-10(7-11)8-13(17)15(18)19/h2-7,13H,8-9,17H2,1H3,(H,18,19). The number of carboxylic acids is 1. The van der Waals surface area contributed by atoms with Crippen LogP contribution in [0.5, 0.6) is 5.75 Å². The minimum absolute atomic E-state index is 0.104. The summed E-state index contributed by atoms with van der Waals surface area (Å²) in [6, 6.07) is 9.15. The van der Waals surface area contributed by atoms with Gasteiger partial charge in [-0.3, -0.25) is 4.79 Å². The molecule has 7 heteroatoms. The predicted octanol–water partition coefficient (Wildman–Crippen LogP) is 1.60. The lowest BCUT2D eigenvalue weighted by Gasteiger charge is -2.09. The molecule has 2 rings (SSSR count). The molecule has 1 heterocycles. The summed E-state index contributed by atoms with van der Waals surface area (Å²) in [5.41, 5.74) is 6.27. The molecular formula is C16H17NO6. The second-order valence-electron chi connectivity index (χ2n) is 4.84. The second-order valence-corrected chi connectivity index (χ2v) is 4.84. The van der Waals surface area contributed by atoms with E-state index in [-0.39, 0.29) is 18.8 Å². The van der Waals surface area contributed by atoms with E-state index in [0.29, 0.717) is 11.5 Å². The van der Waals surface area contributed by atoms with Crippen LogP contribution in [0.25, 0.3) is 0 Å². The number of esters is 1. The van der Waals surface area contributed by atoms with Crippen LogP contribution in [0.1, 0.15) is 21.9 Å². The first-order valence-electron chi connectivity index (χ1n) is 6.86. The highest BCUT2D eigenvalue weighted by atomic mass is 16.5. The Morgan fingerprint density at radius 1 is 1.30 bits per heavy atom. The molecule has 0 radical (unpaired) electrons. The number of carboxylic acid groups (broad SMARTS) is 1. The average Bonchev–Trinajstić information content (AvgIpc) is 3.01. The first-order valence-corrected chi connectivity index (χ1v) is 6.86. The first-order chi connectivity index (χ1) is 11.0. The lowest BCUT2D eigenvalue weighted by molar-refractivity contribution is -0.138. The van der Waals surface area contributed by atoms with Crippen molar-refractivity contribution in [2.75, 3.05) is 7.11 Å². The quantitative estimate of drug-likeness (QED) is 0.745. The third kappa shape index (κ3) is 4.58. The summed E-state index contributed by atoms with van der Waals surface area (Å²) in [5, 5.41) is 8.83. The molecule has 0 spiro atoms. The molecule has 3 N–H and O–H groups in total. The summed E-state index contributed by atoms with van der Waals surface area (Å²) in [4.78, 5) is 22.1. The fourth-order valence-electron chi connectivity index (χ4n) is 1.92. The molecule has 1 atom stereocenters.